The van der Waals surface area contributed by atoms with Gasteiger partial charge in [0.15, 0.2) is 0 Å². The van der Waals surface area contributed by atoms with Crippen molar-refractivity contribution < 1.29 is 4.79 Å². The van der Waals surface area contributed by atoms with Gasteiger partial charge in [-0.15, -0.1) is 0 Å². The maximum absolute atomic E-state index is 12.1. The summed E-state index contributed by atoms with van der Waals surface area (Å²) in [6.45, 7) is 0.464. The highest BCUT2D eigenvalue weighted by Crippen LogP contribution is 2.24. The van der Waals surface area contributed by atoms with E-state index in [0.29, 0.717) is 11.3 Å². The van der Waals surface area contributed by atoms with E-state index in [1.165, 1.54) is 17.1 Å². The lowest BCUT2D eigenvalue weighted by atomic mass is 10.2. The van der Waals surface area contributed by atoms with Crippen LogP contribution in [0.3, 0.4) is 0 Å². The summed E-state index contributed by atoms with van der Waals surface area (Å²) in [5.41, 5.74) is 3.32. The third-order valence-corrected chi connectivity index (χ3v) is 4.49. The lowest BCUT2D eigenvalue weighted by Crippen LogP contribution is -2.23. The van der Waals surface area contributed by atoms with Gasteiger partial charge in [-0.25, -0.2) is 4.79 Å². The highest BCUT2D eigenvalue weighted by Gasteiger charge is 2.20. The predicted octanol–water partition coefficient (Wildman–Crippen LogP) is 2.65. The number of para-hydroxylation sites is 1. The molecule has 0 radical (unpaired) electrons. The molecular weight excluding hydrogens is 308 g/mol. The zero-order chi connectivity index (χ0) is 15.6. The van der Waals surface area contributed by atoms with Crippen LogP contribution in [0.25, 0.3) is 5.69 Å². The van der Waals surface area contributed by atoms with E-state index in [0.717, 1.165) is 23.5 Å². The Morgan fingerprint density at radius 3 is 2.83 bits per heavy atom. The maximum Gasteiger partial charge on any atom is 0.343 e. The smallest absolute Gasteiger partial charge is 0.332 e. The zero-order valence-corrected chi connectivity index (χ0v) is 13.1. The third-order valence-electron chi connectivity index (χ3n) is 3.75. The summed E-state index contributed by atoms with van der Waals surface area (Å²) in [7, 11) is 0. The molecular formula is C17H14N4OS. The van der Waals surface area contributed by atoms with Gasteiger partial charge in [0.25, 0.3) is 0 Å². The SMILES string of the molecule is O=C(/N=c1\snc2n1-c1ccccc1C2)NCc1ccccc1. The van der Waals surface area contributed by atoms with Crippen LogP contribution in [-0.2, 0) is 13.0 Å². The van der Waals surface area contributed by atoms with Crippen LogP contribution in [0.4, 0.5) is 4.79 Å². The van der Waals surface area contributed by atoms with Crippen molar-refractivity contribution in [2.24, 2.45) is 4.99 Å². The Kier molecular flexibility index (Phi) is 3.51. The Morgan fingerprint density at radius 1 is 1.17 bits per heavy atom. The van der Waals surface area contributed by atoms with Gasteiger partial charge in [-0.05, 0) is 17.2 Å². The molecule has 1 aromatic heterocycles. The molecule has 1 N–H and O–H groups in total. The molecule has 23 heavy (non-hydrogen) atoms. The molecule has 0 atom stereocenters. The van der Waals surface area contributed by atoms with E-state index in [9.17, 15) is 4.79 Å². The first-order chi connectivity index (χ1) is 11.3. The molecule has 6 heteroatoms. The van der Waals surface area contributed by atoms with Crippen molar-refractivity contribution in [1.82, 2.24) is 14.3 Å². The number of benzene rings is 2. The van der Waals surface area contributed by atoms with E-state index in [4.69, 9.17) is 0 Å². The molecule has 2 heterocycles. The van der Waals surface area contributed by atoms with Gasteiger partial charge < -0.3 is 5.32 Å². The number of urea groups is 1. The second-order valence-electron chi connectivity index (χ2n) is 5.28. The second kappa shape index (κ2) is 5.81. The first-order valence-electron chi connectivity index (χ1n) is 7.33. The number of amides is 2. The van der Waals surface area contributed by atoms with Gasteiger partial charge in [-0.1, -0.05) is 48.5 Å². The van der Waals surface area contributed by atoms with Gasteiger partial charge in [-0.3, -0.25) is 4.57 Å². The van der Waals surface area contributed by atoms with Crippen LogP contribution in [0.2, 0.25) is 0 Å². The molecule has 114 valence electrons. The van der Waals surface area contributed by atoms with Crippen molar-refractivity contribution in [1.29, 1.82) is 0 Å². The van der Waals surface area contributed by atoms with E-state index in [2.05, 4.69) is 20.7 Å². The molecule has 0 bridgehead atoms. The number of nitrogens with zero attached hydrogens (tertiary/aromatic N) is 3. The minimum absolute atomic E-state index is 0.350. The molecule has 1 aliphatic heterocycles. The Hall–Kier alpha value is -2.73. The number of hydrogen-bond donors (Lipinski definition) is 1. The van der Waals surface area contributed by atoms with Crippen LogP contribution in [0.15, 0.2) is 59.6 Å². The van der Waals surface area contributed by atoms with Crippen molar-refractivity contribution in [2.45, 2.75) is 13.0 Å². The van der Waals surface area contributed by atoms with Gasteiger partial charge in [0.05, 0.1) is 5.69 Å². The van der Waals surface area contributed by atoms with E-state index in [1.54, 1.807) is 0 Å². The standard InChI is InChI=1S/C17H14N4OS/c22-16(18-11-12-6-2-1-3-7-12)19-17-21-14-9-5-4-8-13(14)10-15(21)20-23-17/h1-9H,10-11H2,(H,18,22)/b19-17-. The molecule has 1 aliphatic rings. The normalized spacial score (nSPS) is 12.8. The highest BCUT2D eigenvalue weighted by molar-refractivity contribution is 7.02. The number of carbonyl (C=O) groups is 1. The monoisotopic (exact) mass is 322 g/mol. The van der Waals surface area contributed by atoms with Gasteiger partial charge in [-0.2, -0.15) is 9.37 Å². The minimum atomic E-state index is -0.350. The van der Waals surface area contributed by atoms with E-state index < -0.39 is 0 Å². The molecule has 0 unspecified atom stereocenters. The van der Waals surface area contributed by atoms with Gasteiger partial charge in [0.2, 0.25) is 4.80 Å². The van der Waals surface area contributed by atoms with Crippen LogP contribution in [0.1, 0.15) is 17.0 Å². The summed E-state index contributed by atoms with van der Waals surface area (Å²) < 4.78 is 6.37. The van der Waals surface area contributed by atoms with E-state index >= 15 is 0 Å². The number of rotatable bonds is 2. The Morgan fingerprint density at radius 2 is 1.96 bits per heavy atom. The fraction of sp³-hybridized carbons (Fsp3) is 0.118. The van der Waals surface area contributed by atoms with Gasteiger partial charge in [0, 0.05) is 24.5 Å². The molecule has 0 spiro atoms. The van der Waals surface area contributed by atoms with Crippen LogP contribution in [0, 0.1) is 0 Å². The first kappa shape index (κ1) is 13.9. The Balaban J connectivity index is 1.58. The molecule has 0 aliphatic carbocycles. The molecule has 2 amide bonds. The van der Waals surface area contributed by atoms with Crippen molar-refractivity contribution in [3.63, 3.8) is 0 Å². The van der Waals surface area contributed by atoms with Crippen LogP contribution in [0.5, 0.6) is 0 Å². The summed E-state index contributed by atoms with van der Waals surface area (Å²) in [5.74, 6) is 0.936. The van der Waals surface area contributed by atoms with Crippen molar-refractivity contribution in [3.05, 3.63) is 76.4 Å². The summed E-state index contributed by atoms with van der Waals surface area (Å²) in [6, 6.07) is 17.5. The fourth-order valence-corrected chi connectivity index (χ4v) is 3.40. The topological polar surface area (TPSA) is 59.3 Å². The first-order valence-corrected chi connectivity index (χ1v) is 8.11. The number of carbonyl (C=O) groups excluding carboxylic acids is 1. The lowest BCUT2D eigenvalue weighted by molar-refractivity contribution is 0.248. The van der Waals surface area contributed by atoms with Gasteiger partial charge in [0.1, 0.15) is 5.82 Å². The fourth-order valence-electron chi connectivity index (χ4n) is 2.66. The van der Waals surface area contributed by atoms with Crippen molar-refractivity contribution >= 4 is 17.6 Å². The average Bonchev–Trinajstić information content (AvgIpc) is 3.14. The minimum Gasteiger partial charge on any atom is -0.332 e. The number of fused-ring (bicyclic) bond motifs is 3. The number of nitrogens with one attached hydrogen (secondary N) is 1. The second-order valence-corrected chi connectivity index (χ2v) is 6.01. The summed E-state index contributed by atoms with van der Waals surface area (Å²) in [4.78, 5) is 16.9. The van der Waals surface area contributed by atoms with Crippen LogP contribution < -0.4 is 10.1 Å². The molecule has 2 aromatic carbocycles. The molecule has 0 saturated carbocycles. The van der Waals surface area contributed by atoms with Crippen LogP contribution in [-0.4, -0.2) is 15.0 Å². The summed E-state index contributed by atoms with van der Waals surface area (Å²) in [5, 5.41) is 2.81. The van der Waals surface area contributed by atoms with Gasteiger partial charge >= 0.3 is 6.03 Å². The van der Waals surface area contributed by atoms with E-state index in [1.807, 2.05) is 53.1 Å². The summed E-state index contributed by atoms with van der Waals surface area (Å²) >= 11 is 1.25. The predicted molar refractivity (Wildman–Crippen MR) is 88.5 cm³/mol. The van der Waals surface area contributed by atoms with Crippen molar-refractivity contribution in [3.8, 4) is 5.69 Å². The number of aromatic nitrogens is 2. The third kappa shape index (κ3) is 2.68. The average molecular weight is 322 g/mol. The van der Waals surface area contributed by atoms with Crippen LogP contribution >= 0.6 is 11.5 Å². The molecule has 0 saturated heterocycles. The molecule has 4 rings (SSSR count). The largest absolute Gasteiger partial charge is 0.343 e. The highest BCUT2D eigenvalue weighted by atomic mass is 32.1. The Labute approximate surface area is 137 Å². The zero-order valence-electron chi connectivity index (χ0n) is 12.3. The lowest BCUT2D eigenvalue weighted by Gasteiger charge is -2.02. The molecule has 3 aromatic rings. The Bertz CT molecular complexity index is 927. The molecule has 0 fully saturated rings. The van der Waals surface area contributed by atoms with E-state index in [-0.39, 0.29) is 6.03 Å². The number of hydrogen-bond acceptors (Lipinski definition) is 3. The van der Waals surface area contributed by atoms with Crippen molar-refractivity contribution in [2.75, 3.05) is 0 Å². The molecule has 5 nitrogen and oxygen atoms in total. The maximum atomic E-state index is 12.1. The summed E-state index contributed by atoms with van der Waals surface area (Å²) in [6.07, 6.45) is 0.786. The quantitative estimate of drug-likeness (QED) is 0.617.